The van der Waals surface area contributed by atoms with Gasteiger partial charge >= 0.3 is 5.91 Å². The maximum atomic E-state index is 13.3. The molecular formula is C29H45Cl2N5O3S. The monoisotopic (exact) mass is 613 g/mol. The first kappa shape index (κ1) is 34.4. The molecule has 1 heterocycles. The molecule has 1 aromatic rings. The van der Waals surface area contributed by atoms with E-state index in [0.717, 1.165) is 83.1 Å². The maximum absolute atomic E-state index is 13.3. The molecule has 0 radical (unpaired) electrons. The molecule has 1 saturated heterocycles. The van der Waals surface area contributed by atoms with Crippen LogP contribution in [-0.2, 0) is 27.5 Å². The lowest BCUT2D eigenvalue weighted by molar-refractivity contribution is -0.141. The van der Waals surface area contributed by atoms with Crippen LogP contribution in [0.15, 0.2) is 29.4 Å². The third kappa shape index (κ3) is 9.93. The van der Waals surface area contributed by atoms with Gasteiger partial charge in [0.1, 0.15) is 6.04 Å². The van der Waals surface area contributed by atoms with Gasteiger partial charge < -0.3 is 15.1 Å². The molecule has 3 fully saturated rings. The van der Waals surface area contributed by atoms with Gasteiger partial charge in [-0.3, -0.25) is 14.4 Å². The minimum absolute atomic E-state index is 0. The van der Waals surface area contributed by atoms with Gasteiger partial charge in [-0.25, -0.2) is 5.43 Å². The lowest BCUT2D eigenvalue weighted by Crippen LogP contribution is -2.52. The number of ketones is 1. The summed E-state index contributed by atoms with van der Waals surface area (Å²) < 4.78 is 0. The summed E-state index contributed by atoms with van der Waals surface area (Å²) >= 11 is 1.57. The summed E-state index contributed by atoms with van der Waals surface area (Å²) in [5, 5.41) is 8.06. The Balaban J connectivity index is 0.00000280. The first-order valence-corrected chi connectivity index (χ1v) is 15.2. The topological polar surface area (TPSA) is 94.1 Å². The Bertz CT molecular complexity index is 996. The number of nitrogens with one attached hydrogen (secondary N) is 2. The number of Topliss-reactive ketones (excluding diaryl/α,β-unsaturated/α-hetero) is 1. The normalized spacial score (nSPS) is 20.0. The van der Waals surface area contributed by atoms with Crippen LogP contribution in [0.5, 0.6) is 0 Å². The predicted octanol–water partition coefficient (Wildman–Crippen LogP) is 4.74. The number of benzene rings is 1. The van der Waals surface area contributed by atoms with Crippen molar-refractivity contribution in [2.75, 3.05) is 26.4 Å². The lowest BCUT2D eigenvalue weighted by atomic mass is 9.81. The van der Waals surface area contributed by atoms with Crippen molar-refractivity contribution < 1.29 is 14.4 Å². The van der Waals surface area contributed by atoms with Crippen LogP contribution in [0.2, 0.25) is 0 Å². The number of amidine groups is 1. The standard InChI is InChI=1S/C29H43N5O3S.2ClH/c1-33(2)19-21-13-15-22(16-14-21)20-34-17-18-38-29(34)32-31-28(37)26(35)25(23-9-5-3-6-10-23)30-27(36)24-11-7-4-8-12-24;;/h13-16,23-25H,3-12,17-20H2,1-2H3,(H,30,36)(H,31,37);2*1H/b32-29-;;. The number of nitrogens with zero attached hydrogens (tertiary/aromatic N) is 3. The van der Waals surface area contributed by atoms with Crippen LogP contribution in [0.1, 0.15) is 75.3 Å². The maximum Gasteiger partial charge on any atom is 0.309 e. The van der Waals surface area contributed by atoms with Crippen LogP contribution in [0.4, 0.5) is 0 Å². The fourth-order valence-corrected chi connectivity index (χ4v) is 6.76. The van der Waals surface area contributed by atoms with Crippen molar-refractivity contribution in [3.63, 3.8) is 0 Å². The summed E-state index contributed by atoms with van der Waals surface area (Å²) in [5.41, 5.74) is 4.96. The smallest absolute Gasteiger partial charge is 0.309 e. The molecule has 2 N–H and O–H groups in total. The summed E-state index contributed by atoms with van der Waals surface area (Å²) in [6.45, 7) is 2.42. The predicted molar refractivity (Wildman–Crippen MR) is 167 cm³/mol. The van der Waals surface area contributed by atoms with Gasteiger partial charge in [0.25, 0.3) is 0 Å². The van der Waals surface area contributed by atoms with E-state index in [1.807, 2.05) is 0 Å². The second kappa shape index (κ2) is 17.2. The molecule has 0 aromatic heterocycles. The molecule has 40 heavy (non-hydrogen) atoms. The van der Waals surface area contributed by atoms with E-state index in [2.05, 4.69) is 64.0 Å². The van der Waals surface area contributed by atoms with Crippen molar-refractivity contribution in [2.24, 2.45) is 16.9 Å². The lowest BCUT2D eigenvalue weighted by Gasteiger charge is -2.31. The molecule has 2 saturated carbocycles. The van der Waals surface area contributed by atoms with Gasteiger partial charge in [-0.05, 0) is 56.8 Å². The third-order valence-corrected chi connectivity index (χ3v) is 8.91. The van der Waals surface area contributed by atoms with Crippen LogP contribution >= 0.6 is 36.6 Å². The highest BCUT2D eigenvalue weighted by Crippen LogP contribution is 2.29. The van der Waals surface area contributed by atoms with Crippen LogP contribution in [0.25, 0.3) is 0 Å². The van der Waals surface area contributed by atoms with Gasteiger partial charge in [-0.15, -0.1) is 29.9 Å². The Morgan fingerprint density at radius 2 is 1.55 bits per heavy atom. The second-order valence-electron chi connectivity index (χ2n) is 11.2. The fourth-order valence-electron chi connectivity index (χ4n) is 5.82. The molecule has 224 valence electrons. The molecule has 1 aliphatic heterocycles. The third-order valence-electron chi connectivity index (χ3n) is 7.91. The molecule has 11 heteroatoms. The molecule has 8 nitrogen and oxygen atoms in total. The van der Waals surface area contributed by atoms with Crippen molar-refractivity contribution in [2.45, 2.75) is 83.3 Å². The van der Waals surface area contributed by atoms with Crippen molar-refractivity contribution in [3.05, 3.63) is 35.4 Å². The SMILES string of the molecule is CN(C)Cc1ccc(CN2CCS/C2=N\NC(=O)C(=O)C(NC(=O)C2CCCCC2)C2CCCCC2)cc1.Cl.Cl. The summed E-state index contributed by atoms with van der Waals surface area (Å²) in [6, 6.07) is 7.78. The van der Waals surface area contributed by atoms with E-state index in [1.54, 1.807) is 11.8 Å². The average Bonchev–Trinajstić information content (AvgIpc) is 3.38. The molecule has 0 bridgehead atoms. The molecule has 0 spiro atoms. The van der Waals surface area contributed by atoms with Gasteiger partial charge in [0.2, 0.25) is 11.7 Å². The number of rotatable bonds is 10. The van der Waals surface area contributed by atoms with E-state index >= 15 is 0 Å². The molecule has 1 unspecified atom stereocenters. The van der Waals surface area contributed by atoms with E-state index in [4.69, 9.17) is 0 Å². The van der Waals surface area contributed by atoms with Gasteiger partial charge in [0.15, 0.2) is 5.17 Å². The quantitative estimate of drug-likeness (QED) is 0.292. The fraction of sp³-hybridized carbons (Fsp3) is 0.655. The largest absolute Gasteiger partial charge is 0.345 e. The van der Waals surface area contributed by atoms with Crippen molar-refractivity contribution in [1.29, 1.82) is 0 Å². The van der Waals surface area contributed by atoms with E-state index < -0.39 is 17.7 Å². The summed E-state index contributed by atoms with van der Waals surface area (Å²) in [5.74, 6) is -0.541. The van der Waals surface area contributed by atoms with E-state index in [9.17, 15) is 14.4 Å². The highest BCUT2D eigenvalue weighted by atomic mass is 35.5. The highest BCUT2D eigenvalue weighted by molar-refractivity contribution is 8.14. The van der Waals surface area contributed by atoms with Crippen LogP contribution in [0, 0.1) is 11.8 Å². The summed E-state index contributed by atoms with van der Waals surface area (Å²) in [4.78, 5) is 43.6. The first-order valence-electron chi connectivity index (χ1n) is 14.2. The Kier molecular flexibility index (Phi) is 14.8. The molecule has 3 aliphatic rings. The number of carbonyl (C=O) groups is 3. The number of thioether (sulfide) groups is 1. The minimum atomic E-state index is -0.766. The Morgan fingerprint density at radius 1 is 0.950 bits per heavy atom. The van der Waals surface area contributed by atoms with Crippen molar-refractivity contribution in [3.8, 4) is 0 Å². The Morgan fingerprint density at radius 3 is 2.17 bits per heavy atom. The van der Waals surface area contributed by atoms with Crippen LogP contribution < -0.4 is 10.7 Å². The number of halogens is 2. The molecule has 1 atom stereocenters. The second-order valence-corrected chi connectivity index (χ2v) is 12.3. The van der Waals surface area contributed by atoms with Gasteiger partial charge in [-0.2, -0.15) is 0 Å². The number of amides is 2. The molecular weight excluding hydrogens is 569 g/mol. The van der Waals surface area contributed by atoms with Crippen molar-refractivity contribution >= 4 is 59.3 Å². The van der Waals surface area contributed by atoms with Crippen LogP contribution in [0.3, 0.4) is 0 Å². The first-order chi connectivity index (χ1) is 18.4. The summed E-state index contributed by atoms with van der Waals surface area (Å²) in [7, 11) is 4.11. The number of hydrogen-bond acceptors (Lipinski definition) is 6. The zero-order valence-corrected chi connectivity index (χ0v) is 26.2. The molecule has 2 aliphatic carbocycles. The van der Waals surface area contributed by atoms with Gasteiger partial charge in [-0.1, -0.05) is 74.6 Å². The van der Waals surface area contributed by atoms with E-state index in [0.29, 0.717) is 11.7 Å². The molecule has 1 aromatic carbocycles. The zero-order valence-electron chi connectivity index (χ0n) is 23.7. The molecule has 4 rings (SSSR count). The number of carbonyl (C=O) groups excluding carboxylic acids is 3. The number of hydrazone groups is 1. The summed E-state index contributed by atoms with van der Waals surface area (Å²) in [6.07, 6.45) is 9.90. The Hall–Kier alpha value is -1.81. The Labute approximate surface area is 255 Å². The van der Waals surface area contributed by atoms with E-state index in [-0.39, 0.29) is 42.6 Å². The molecule has 2 amide bonds. The van der Waals surface area contributed by atoms with Gasteiger partial charge in [0, 0.05) is 31.3 Å². The zero-order chi connectivity index (χ0) is 26.9. The van der Waals surface area contributed by atoms with Gasteiger partial charge in [0.05, 0.1) is 0 Å². The average molecular weight is 615 g/mol. The van der Waals surface area contributed by atoms with Crippen molar-refractivity contribution in [1.82, 2.24) is 20.5 Å². The number of hydrogen-bond donors (Lipinski definition) is 2. The van der Waals surface area contributed by atoms with Crippen LogP contribution in [-0.4, -0.2) is 65.0 Å². The van der Waals surface area contributed by atoms with E-state index in [1.165, 1.54) is 11.1 Å². The minimum Gasteiger partial charge on any atom is -0.345 e. The highest BCUT2D eigenvalue weighted by Gasteiger charge is 2.36.